The van der Waals surface area contributed by atoms with Crippen LogP contribution in [0, 0.1) is 12.8 Å². The van der Waals surface area contributed by atoms with E-state index in [2.05, 4.69) is 15.3 Å². The molecule has 0 saturated heterocycles. The first-order valence-electron chi connectivity index (χ1n) is 10.9. The predicted molar refractivity (Wildman–Crippen MR) is 120 cm³/mol. The van der Waals surface area contributed by atoms with Gasteiger partial charge in [-0.3, -0.25) is 14.2 Å². The van der Waals surface area contributed by atoms with Crippen LogP contribution in [0.25, 0.3) is 10.9 Å². The topological polar surface area (TPSA) is 86.1 Å². The first-order chi connectivity index (χ1) is 15.1. The molecule has 1 N–H and O–H groups in total. The second-order valence-corrected chi connectivity index (χ2v) is 8.18. The average Bonchev–Trinajstić information content (AvgIpc) is 2.79. The normalized spacial score (nSPS) is 14.5. The summed E-state index contributed by atoms with van der Waals surface area (Å²) in [5.74, 6) is 1.34. The largest absolute Gasteiger partial charge is 0.489 e. The van der Waals surface area contributed by atoms with E-state index < -0.39 is 0 Å². The molecule has 0 atom stereocenters. The Morgan fingerprint density at radius 3 is 2.84 bits per heavy atom. The number of ether oxygens (including phenoxy) is 1. The summed E-state index contributed by atoms with van der Waals surface area (Å²) in [6.07, 6.45) is 9.47. The van der Waals surface area contributed by atoms with Gasteiger partial charge >= 0.3 is 0 Å². The van der Waals surface area contributed by atoms with Crippen LogP contribution < -0.4 is 15.6 Å². The first-order valence-corrected chi connectivity index (χ1v) is 10.9. The van der Waals surface area contributed by atoms with Gasteiger partial charge in [0.1, 0.15) is 0 Å². The van der Waals surface area contributed by atoms with Crippen molar-refractivity contribution in [2.75, 3.05) is 11.9 Å². The van der Waals surface area contributed by atoms with Crippen LogP contribution in [-0.4, -0.2) is 27.0 Å². The van der Waals surface area contributed by atoms with E-state index in [9.17, 15) is 9.59 Å². The van der Waals surface area contributed by atoms with Gasteiger partial charge in [0.05, 0.1) is 23.8 Å². The van der Waals surface area contributed by atoms with Gasteiger partial charge in [0, 0.05) is 19.2 Å². The highest BCUT2D eigenvalue weighted by atomic mass is 16.5. The number of nitrogens with zero attached hydrogens (tertiary/aromatic N) is 3. The Bertz CT molecular complexity index is 1120. The third kappa shape index (κ3) is 5.10. The number of hydrogen-bond acceptors (Lipinski definition) is 5. The van der Waals surface area contributed by atoms with Crippen molar-refractivity contribution >= 4 is 22.6 Å². The lowest BCUT2D eigenvalue weighted by atomic mass is 9.90. The lowest BCUT2D eigenvalue weighted by Gasteiger charge is -2.22. The molecule has 2 heterocycles. The van der Waals surface area contributed by atoms with Gasteiger partial charge in [0.2, 0.25) is 5.91 Å². The number of benzene rings is 1. The Balaban J connectivity index is 1.38. The molecule has 0 bridgehead atoms. The van der Waals surface area contributed by atoms with Gasteiger partial charge in [-0.05, 0) is 49.4 Å². The summed E-state index contributed by atoms with van der Waals surface area (Å²) in [6, 6.07) is 9.15. The predicted octanol–water partition coefficient (Wildman–Crippen LogP) is 4.09. The quantitative estimate of drug-likeness (QED) is 0.622. The van der Waals surface area contributed by atoms with Gasteiger partial charge < -0.3 is 10.1 Å². The minimum Gasteiger partial charge on any atom is -0.489 e. The van der Waals surface area contributed by atoms with Gasteiger partial charge in [0.25, 0.3) is 5.56 Å². The fourth-order valence-electron chi connectivity index (χ4n) is 4.08. The summed E-state index contributed by atoms with van der Waals surface area (Å²) in [4.78, 5) is 33.9. The Labute approximate surface area is 181 Å². The maximum atomic E-state index is 12.7. The maximum absolute atomic E-state index is 12.7. The number of pyridine rings is 1. The van der Waals surface area contributed by atoms with Crippen molar-refractivity contribution < 1.29 is 9.53 Å². The number of para-hydroxylation sites is 1. The number of aromatic nitrogens is 3. The van der Waals surface area contributed by atoms with Crippen LogP contribution in [0.5, 0.6) is 5.75 Å². The van der Waals surface area contributed by atoms with Crippen molar-refractivity contribution in [3.63, 3.8) is 0 Å². The molecule has 31 heavy (non-hydrogen) atoms. The molecule has 0 radical (unpaired) electrons. The van der Waals surface area contributed by atoms with Crippen LogP contribution in [0.2, 0.25) is 0 Å². The van der Waals surface area contributed by atoms with Crippen LogP contribution in [0.1, 0.15) is 44.1 Å². The zero-order valence-electron chi connectivity index (χ0n) is 17.8. The highest BCUT2D eigenvalue weighted by Crippen LogP contribution is 2.27. The number of carbonyl (C=O) groups is 1. The number of carbonyl (C=O) groups excluding carboxylic acids is 1. The Morgan fingerprint density at radius 1 is 1.16 bits per heavy atom. The van der Waals surface area contributed by atoms with E-state index in [1.54, 1.807) is 18.3 Å². The average molecular weight is 421 g/mol. The number of hydrogen-bond donors (Lipinski definition) is 1. The van der Waals surface area contributed by atoms with Crippen molar-refractivity contribution in [2.45, 2.75) is 52.0 Å². The second kappa shape index (κ2) is 9.73. The number of amides is 1. The monoisotopic (exact) mass is 420 g/mol. The summed E-state index contributed by atoms with van der Waals surface area (Å²) < 4.78 is 7.45. The molecule has 7 heteroatoms. The van der Waals surface area contributed by atoms with Crippen LogP contribution >= 0.6 is 0 Å². The molecule has 2 aromatic heterocycles. The third-order valence-corrected chi connectivity index (χ3v) is 5.86. The summed E-state index contributed by atoms with van der Waals surface area (Å²) in [5, 5.41) is 3.38. The smallest absolute Gasteiger partial charge is 0.261 e. The summed E-state index contributed by atoms with van der Waals surface area (Å²) in [7, 11) is 0. The van der Waals surface area contributed by atoms with Gasteiger partial charge in [-0.1, -0.05) is 31.4 Å². The molecular weight excluding hydrogens is 392 g/mol. The SMILES string of the molecule is Cc1cccc2c(=O)n(CCC(=O)Nc3ncccc3OCC3CCCCC3)cnc12. The highest BCUT2D eigenvalue weighted by molar-refractivity contribution is 5.91. The van der Waals surface area contributed by atoms with E-state index in [1.807, 2.05) is 25.1 Å². The molecule has 1 aliphatic rings. The molecule has 1 fully saturated rings. The van der Waals surface area contributed by atoms with Gasteiger partial charge in [-0.15, -0.1) is 0 Å². The Hall–Kier alpha value is -3.22. The zero-order chi connectivity index (χ0) is 21.6. The summed E-state index contributed by atoms with van der Waals surface area (Å²) >= 11 is 0. The molecule has 1 aromatic carbocycles. The molecule has 3 aromatic rings. The summed E-state index contributed by atoms with van der Waals surface area (Å²) in [5.41, 5.74) is 1.51. The fourth-order valence-corrected chi connectivity index (χ4v) is 4.08. The van der Waals surface area contributed by atoms with E-state index in [-0.39, 0.29) is 24.4 Å². The van der Waals surface area contributed by atoms with E-state index in [1.165, 1.54) is 43.0 Å². The Kier molecular flexibility index (Phi) is 6.60. The van der Waals surface area contributed by atoms with Crippen LogP contribution in [0.4, 0.5) is 5.82 Å². The number of anilines is 1. The Morgan fingerprint density at radius 2 is 2.00 bits per heavy atom. The number of rotatable bonds is 7. The maximum Gasteiger partial charge on any atom is 0.261 e. The standard InChI is InChI=1S/C24H28N4O3/c1-17-7-5-10-19-22(17)26-16-28(24(19)30)14-12-21(29)27-23-20(11-6-13-25-23)31-15-18-8-3-2-4-9-18/h5-7,10-11,13,16,18H,2-4,8-9,12,14-15H2,1H3,(H,25,27,29). The lowest BCUT2D eigenvalue weighted by Crippen LogP contribution is -2.24. The zero-order valence-corrected chi connectivity index (χ0v) is 17.8. The number of nitrogens with one attached hydrogen (secondary N) is 1. The van der Waals surface area contributed by atoms with Crippen molar-refractivity contribution in [3.8, 4) is 5.75 Å². The summed E-state index contributed by atoms with van der Waals surface area (Å²) in [6.45, 7) is 2.81. The molecule has 4 rings (SSSR count). The number of aryl methyl sites for hydroxylation is 2. The molecule has 0 spiro atoms. The fraction of sp³-hybridized carbons (Fsp3) is 0.417. The minimum absolute atomic E-state index is 0.136. The van der Waals surface area contributed by atoms with Crippen molar-refractivity contribution in [1.29, 1.82) is 0 Å². The molecule has 162 valence electrons. The first kappa shape index (κ1) is 21.0. The van der Waals surface area contributed by atoms with Gasteiger partial charge in [-0.2, -0.15) is 0 Å². The van der Waals surface area contributed by atoms with Gasteiger partial charge in [-0.25, -0.2) is 9.97 Å². The molecule has 7 nitrogen and oxygen atoms in total. The molecule has 0 aliphatic heterocycles. The molecule has 1 saturated carbocycles. The van der Waals surface area contributed by atoms with Crippen LogP contribution in [-0.2, 0) is 11.3 Å². The van der Waals surface area contributed by atoms with Gasteiger partial charge in [0.15, 0.2) is 11.6 Å². The molecule has 0 unspecified atom stereocenters. The lowest BCUT2D eigenvalue weighted by molar-refractivity contribution is -0.116. The number of fused-ring (bicyclic) bond motifs is 1. The second-order valence-electron chi connectivity index (χ2n) is 8.18. The van der Waals surface area contributed by atoms with E-state index in [0.717, 1.165) is 5.56 Å². The molecule has 1 aliphatic carbocycles. The van der Waals surface area contributed by atoms with Crippen molar-refractivity contribution in [2.24, 2.45) is 5.92 Å². The van der Waals surface area contributed by atoms with Crippen LogP contribution in [0.3, 0.4) is 0 Å². The molecule has 1 amide bonds. The molecular formula is C24H28N4O3. The van der Waals surface area contributed by atoms with E-state index >= 15 is 0 Å². The minimum atomic E-state index is -0.225. The third-order valence-electron chi connectivity index (χ3n) is 5.86. The van der Waals surface area contributed by atoms with E-state index in [0.29, 0.717) is 35.0 Å². The van der Waals surface area contributed by atoms with Crippen molar-refractivity contribution in [1.82, 2.24) is 14.5 Å². The van der Waals surface area contributed by atoms with E-state index in [4.69, 9.17) is 4.74 Å². The van der Waals surface area contributed by atoms with Crippen molar-refractivity contribution in [3.05, 3.63) is 58.8 Å². The van der Waals surface area contributed by atoms with Crippen LogP contribution in [0.15, 0.2) is 47.7 Å². The highest BCUT2D eigenvalue weighted by Gasteiger charge is 2.16.